The third-order valence-electron chi connectivity index (χ3n) is 4.08. The van der Waals surface area contributed by atoms with E-state index < -0.39 is 4.92 Å². The molecule has 0 fully saturated rings. The summed E-state index contributed by atoms with van der Waals surface area (Å²) in [6, 6.07) is 22.2. The van der Waals surface area contributed by atoms with Gasteiger partial charge in [0.15, 0.2) is 11.5 Å². The summed E-state index contributed by atoms with van der Waals surface area (Å²) in [5, 5.41) is 11.5. The Bertz CT molecular complexity index is 918. The quantitative estimate of drug-likeness (QED) is 0.426. The molecule has 0 bridgehead atoms. The molecule has 3 aromatic rings. The Morgan fingerprint density at radius 2 is 1.64 bits per heavy atom. The van der Waals surface area contributed by atoms with Gasteiger partial charge in [-0.25, -0.2) is 5.43 Å². The van der Waals surface area contributed by atoms with Crippen LogP contribution in [0.4, 0.5) is 11.4 Å². The molecule has 144 valence electrons. The standard InChI is InChI=1S/C21H21N3O4/c1-27-20-13-19(24(25)26)17(14-22-23-18-10-6-3-7-11-18)12-21(20)28-15-16-8-4-2-5-9-16/h2-13,22-23H,14-15H2,1H3. The van der Waals surface area contributed by atoms with Crippen molar-refractivity contribution in [2.24, 2.45) is 0 Å². The zero-order valence-corrected chi connectivity index (χ0v) is 15.4. The van der Waals surface area contributed by atoms with Crippen LogP contribution < -0.4 is 20.3 Å². The predicted octanol–water partition coefficient (Wildman–Crippen LogP) is 4.30. The van der Waals surface area contributed by atoms with E-state index in [1.54, 1.807) is 6.07 Å². The number of hydrazine groups is 1. The highest BCUT2D eigenvalue weighted by Crippen LogP contribution is 2.35. The molecule has 0 saturated heterocycles. The summed E-state index contributed by atoms with van der Waals surface area (Å²) in [6.07, 6.45) is 0. The molecule has 0 spiro atoms. The van der Waals surface area contributed by atoms with E-state index in [0.717, 1.165) is 11.3 Å². The second kappa shape index (κ2) is 9.38. The summed E-state index contributed by atoms with van der Waals surface area (Å²) < 4.78 is 11.1. The van der Waals surface area contributed by atoms with Crippen LogP contribution in [0, 0.1) is 10.1 Å². The number of ether oxygens (including phenoxy) is 2. The average molecular weight is 379 g/mol. The third kappa shape index (κ3) is 4.99. The van der Waals surface area contributed by atoms with Gasteiger partial charge in [0.05, 0.1) is 18.1 Å². The lowest BCUT2D eigenvalue weighted by atomic mass is 10.1. The minimum atomic E-state index is -0.428. The molecule has 0 aliphatic heterocycles. The van der Waals surface area contributed by atoms with E-state index >= 15 is 0 Å². The van der Waals surface area contributed by atoms with Gasteiger partial charge in [0.2, 0.25) is 0 Å². The molecule has 0 heterocycles. The van der Waals surface area contributed by atoms with Crippen LogP contribution in [0.1, 0.15) is 11.1 Å². The summed E-state index contributed by atoms with van der Waals surface area (Å²) >= 11 is 0. The van der Waals surface area contributed by atoms with Gasteiger partial charge >= 0.3 is 0 Å². The zero-order chi connectivity index (χ0) is 19.8. The summed E-state index contributed by atoms with van der Waals surface area (Å²) in [7, 11) is 1.46. The predicted molar refractivity (Wildman–Crippen MR) is 107 cm³/mol. The highest BCUT2D eigenvalue weighted by Gasteiger charge is 2.19. The van der Waals surface area contributed by atoms with E-state index in [2.05, 4.69) is 10.9 Å². The number of hydrogen-bond donors (Lipinski definition) is 2. The summed E-state index contributed by atoms with van der Waals surface area (Å²) in [6.45, 7) is 0.570. The Balaban J connectivity index is 1.77. The van der Waals surface area contributed by atoms with Gasteiger partial charge in [0, 0.05) is 17.8 Å². The molecular formula is C21H21N3O4. The largest absolute Gasteiger partial charge is 0.493 e. The van der Waals surface area contributed by atoms with Crippen LogP contribution in [-0.4, -0.2) is 12.0 Å². The van der Waals surface area contributed by atoms with Crippen LogP contribution in [-0.2, 0) is 13.2 Å². The van der Waals surface area contributed by atoms with E-state index in [9.17, 15) is 10.1 Å². The van der Waals surface area contributed by atoms with Crippen LogP contribution in [0.15, 0.2) is 72.8 Å². The SMILES string of the molecule is COc1cc([N+](=O)[O-])c(CNNc2ccccc2)cc1OCc1ccccc1. The molecule has 0 aromatic heterocycles. The highest BCUT2D eigenvalue weighted by molar-refractivity contribution is 5.54. The van der Waals surface area contributed by atoms with Gasteiger partial charge in [-0.15, -0.1) is 0 Å². The van der Waals surface area contributed by atoms with E-state index in [1.807, 2.05) is 60.7 Å². The molecule has 3 rings (SSSR count). The van der Waals surface area contributed by atoms with Crippen molar-refractivity contribution in [2.75, 3.05) is 12.5 Å². The molecule has 2 N–H and O–H groups in total. The first-order valence-electron chi connectivity index (χ1n) is 8.73. The Morgan fingerprint density at radius 3 is 2.29 bits per heavy atom. The van der Waals surface area contributed by atoms with Crippen LogP contribution in [0.25, 0.3) is 0 Å². The van der Waals surface area contributed by atoms with E-state index in [-0.39, 0.29) is 12.2 Å². The number of methoxy groups -OCH3 is 1. The van der Waals surface area contributed by atoms with E-state index in [1.165, 1.54) is 13.2 Å². The van der Waals surface area contributed by atoms with Crippen molar-refractivity contribution in [3.05, 3.63) is 94.0 Å². The third-order valence-corrected chi connectivity index (χ3v) is 4.08. The molecule has 7 nitrogen and oxygen atoms in total. The number of nitro benzene ring substituents is 1. The van der Waals surface area contributed by atoms with Gasteiger partial charge < -0.3 is 14.9 Å². The smallest absolute Gasteiger partial charge is 0.277 e. The normalized spacial score (nSPS) is 10.3. The number of nitrogens with zero attached hydrogens (tertiary/aromatic N) is 1. The molecule has 0 aliphatic carbocycles. The summed E-state index contributed by atoms with van der Waals surface area (Å²) in [5.41, 5.74) is 8.32. The van der Waals surface area contributed by atoms with Gasteiger partial charge in [-0.05, 0) is 23.8 Å². The van der Waals surface area contributed by atoms with Crippen LogP contribution in [0.3, 0.4) is 0 Å². The van der Waals surface area contributed by atoms with Crippen molar-refractivity contribution >= 4 is 11.4 Å². The first-order chi connectivity index (χ1) is 13.7. The van der Waals surface area contributed by atoms with Gasteiger partial charge in [-0.2, -0.15) is 0 Å². The number of hydrogen-bond acceptors (Lipinski definition) is 6. The molecule has 28 heavy (non-hydrogen) atoms. The first kappa shape index (κ1) is 19.2. The molecular weight excluding hydrogens is 358 g/mol. The fraction of sp³-hybridized carbons (Fsp3) is 0.143. The van der Waals surface area contributed by atoms with Crippen molar-refractivity contribution < 1.29 is 14.4 Å². The maximum Gasteiger partial charge on any atom is 0.277 e. The topological polar surface area (TPSA) is 85.7 Å². The van der Waals surface area contributed by atoms with Gasteiger partial charge in [-0.1, -0.05) is 48.5 Å². The number of nitrogens with one attached hydrogen (secondary N) is 2. The monoisotopic (exact) mass is 379 g/mol. The van der Waals surface area contributed by atoms with Gasteiger partial charge in [0.25, 0.3) is 5.69 Å². The second-order valence-corrected chi connectivity index (χ2v) is 6.01. The molecule has 0 aliphatic rings. The van der Waals surface area contributed by atoms with Crippen molar-refractivity contribution in [1.82, 2.24) is 5.43 Å². The van der Waals surface area contributed by atoms with Gasteiger partial charge in [0.1, 0.15) is 6.61 Å². The number of anilines is 1. The molecule has 0 amide bonds. The molecule has 7 heteroatoms. The lowest BCUT2D eigenvalue weighted by molar-refractivity contribution is -0.385. The number of nitro groups is 1. The van der Waals surface area contributed by atoms with Crippen molar-refractivity contribution in [2.45, 2.75) is 13.2 Å². The summed E-state index contributed by atoms with van der Waals surface area (Å²) in [4.78, 5) is 11.0. The summed E-state index contributed by atoms with van der Waals surface area (Å²) in [5.74, 6) is 0.774. The molecule has 0 radical (unpaired) electrons. The minimum Gasteiger partial charge on any atom is -0.493 e. The maximum absolute atomic E-state index is 11.5. The van der Waals surface area contributed by atoms with Crippen LogP contribution in [0.5, 0.6) is 11.5 Å². The second-order valence-electron chi connectivity index (χ2n) is 6.01. The zero-order valence-electron chi connectivity index (χ0n) is 15.4. The van der Waals surface area contributed by atoms with E-state index in [4.69, 9.17) is 9.47 Å². The fourth-order valence-corrected chi connectivity index (χ4v) is 2.67. The first-order valence-corrected chi connectivity index (χ1v) is 8.73. The highest BCUT2D eigenvalue weighted by atomic mass is 16.6. The Hall–Kier alpha value is -3.58. The fourth-order valence-electron chi connectivity index (χ4n) is 2.67. The lowest BCUT2D eigenvalue weighted by Gasteiger charge is -2.14. The van der Waals surface area contributed by atoms with Crippen LogP contribution >= 0.6 is 0 Å². The Kier molecular flexibility index (Phi) is 6.43. The Morgan fingerprint density at radius 1 is 0.964 bits per heavy atom. The maximum atomic E-state index is 11.5. The van der Waals surface area contributed by atoms with Crippen molar-refractivity contribution in [3.63, 3.8) is 0 Å². The number of rotatable bonds is 9. The van der Waals surface area contributed by atoms with Crippen LogP contribution in [0.2, 0.25) is 0 Å². The van der Waals surface area contributed by atoms with Gasteiger partial charge in [-0.3, -0.25) is 10.1 Å². The molecule has 0 saturated carbocycles. The molecule has 0 unspecified atom stereocenters. The van der Waals surface area contributed by atoms with Crippen molar-refractivity contribution in [1.29, 1.82) is 0 Å². The number of para-hydroxylation sites is 1. The minimum absolute atomic E-state index is 0.0359. The Labute approximate surface area is 163 Å². The molecule has 0 atom stereocenters. The van der Waals surface area contributed by atoms with E-state index in [0.29, 0.717) is 23.7 Å². The lowest BCUT2D eigenvalue weighted by Crippen LogP contribution is -2.21. The van der Waals surface area contributed by atoms with Crippen molar-refractivity contribution in [3.8, 4) is 11.5 Å². The average Bonchev–Trinajstić information content (AvgIpc) is 2.73. The molecule has 3 aromatic carbocycles. The number of benzene rings is 3.